The number of rotatable bonds is 5. The van der Waals surface area contributed by atoms with Crippen LogP contribution in [-0.2, 0) is 4.79 Å². The molecule has 170 valence electrons. The number of hydrogen-bond donors (Lipinski definition) is 1. The number of halogens is 2. The second-order valence-electron chi connectivity index (χ2n) is 7.58. The predicted molar refractivity (Wildman–Crippen MR) is 127 cm³/mol. The number of thiazole rings is 1. The standard InChI is InChI=1S/C25H16ClFN2O4S/c1-13-23(34-24(28-13)14-6-3-2-4-7-14)21(30)19-20(18-8-5-11-33-18)29(25(32)22(19)31)15-9-10-17(27)16(26)12-15/h2-12,20,31H,1H3. The van der Waals surface area contributed by atoms with Crippen LogP contribution in [0, 0.1) is 12.7 Å². The maximum Gasteiger partial charge on any atom is 0.294 e. The molecule has 9 heteroatoms. The van der Waals surface area contributed by atoms with Gasteiger partial charge in [-0.25, -0.2) is 9.37 Å². The van der Waals surface area contributed by atoms with Crippen molar-refractivity contribution in [3.05, 3.63) is 105 Å². The zero-order valence-electron chi connectivity index (χ0n) is 17.7. The number of aryl methyl sites for hydroxylation is 1. The van der Waals surface area contributed by atoms with Crippen molar-refractivity contribution in [1.29, 1.82) is 0 Å². The summed E-state index contributed by atoms with van der Waals surface area (Å²) in [7, 11) is 0. The molecule has 1 aliphatic rings. The lowest BCUT2D eigenvalue weighted by Crippen LogP contribution is -2.30. The van der Waals surface area contributed by atoms with Crippen molar-refractivity contribution in [2.24, 2.45) is 0 Å². The molecule has 0 radical (unpaired) electrons. The topological polar surface area (TPSA) is 83.6 Å². The molecule has 5 rings (SSSR count). The molecule has 0 saturated heterocycles. The van der Waals surface area contributed by atoms with Gasteiger partial charge in [-0.3, -0.25) is 14.5 Å². The van der Waals surface area contributed by atoms with Gasteiger partial charge in [0.15, 0.2) is 5.76 Å². The Kier molecular flexibility index (Phi) is 5.55. The van der Waals surface area contributed by atoms with Crippen molar-refractivity contribution in [1.82, 2.24) is 4.98 Å². The SMILES string of the molecule is Cc1nc(-c2ccccc2)sc1C(=O)C1=C(O)C(=O)N(c2ccc(F)c(Cl)c2)C1c1ccco1. The normalized spacial score (nSPS) is 15.9. The summed E-state index contributed by atoms with van der Waals surface area (Å²) in [5.74, 6) is -2.47. The van der Waals surface area contributed by atoms with Gasteiger partial charge in [-0.1, -0.05) is 41.9 Å². The Labute approximate surface area is 202 Å². The van der Waals surface area contributed by atoms with Gasteiger partial charge in [0.05, 0.1) is 27.4 Å². The Bertz CT molecular complexity index is 1450. The van der Waals surface area contributed by atoms with Gasteiger partial charge in [0, 0.05) is 11.3 Å². The molecule has 6 nitrogen and oxygen atoms in total. The van der Waals surface area contributed by atoms with Crippen LogP contribution in [0.15, 0.2) is 82.7 Å². The zero-order chi connectivity index (χ0) is 24.0. The summed E-state index contributed by atoms with van der Waals surface area (Å²) in [5, 5.41) is 11.3. The van der Waals surface area contributed by atoms with Gasteiger partial charge < -0.3 is 9.52 Å². The number of aromatic nitrogens is 1. The Morgan fingerprint density at radius 3 is 2.62 bits per heavy atom. The average molecular weight is 495 g/mol. The van der Waals surface area contributed by atoms with Gasteiger partial charge in [0.1, 0.15) is 22.6 Å². The van der Waals surface area contributed by atoms with Crippen molar-refractivity contribution in [2.45, 2.75) is 13.0 Å². The Hall–Kier alpha value is -3.75. The summed E-state index contributed by atoms with van der Waals surface area (Å²) in [6, 6.07) is 15.2. The number of benzene rings is 2. The number of aliphatic hydroxyl groups excluding tert-OH is 1. The number of furan rings is 1. The number of carbonyl (C=O) groups excluding carboxylic acids is 2. The third-order valence-corrected chi connectivity index (χ3v) is 6.97. The largest absolute Gasteiger partial charge is 0.503 e. The first kappa shape index (κ1) is 22.1. The van der Waals surface area contributed by atoms with Crippen LogP contribution in [0.2, 0.25) is 5.02 Å². The molecule has 2 aromatic carbocycles. The summed E-state index contributed by atoms with van der Waals surface area (Å²) in [5.41, 5.74) is 1.38. The lowest BCUT2D eigenvalue weighted by Gasteiger charge is -2.25. The van der Waals surface area contributed by atoms with E-state index in [0.717, 1.165) is 11.6 Å². The molecule has 0 aliphatic carbocycles. The number of nitrogens with zero attached hydrogens (tertiary/aromatic N) is 2. The van der Waals surface area contributed by atoms with Crippen LogP contribution >= 0.6 is 22.9 Å². The minimum atomic E-state index is -1.07. The Morgan fingerprint density at radius 2 is 1.94 bits per heavy atom. The molecule has 0 spiro atoms. The molecule has 3 heterocycles. The number of ketones is 1. The van der Waals surface area contributed by atoms with Crippen molar-refractivity contribution in [3.8, 4) is 10.6 Å². The van der Waals surface area contributed by atoms with E-state index in [9.17, 15) is 19.1 Å². The minimum absolute atomic E-state index is 0.147. The molecule has 0 saturated carbocycles. The van der Waals surface area contributed by atoms with Gasteiger partial charge in [-0.05, 0) is 37.3 Å². The zero-order valence-corrected chi connectivity index (χ0v) is 19.2. The fourth-order valence-corrected chi connectivity index (χ4v) is 5.09. The third-order valence-electron chi connectivity index (χ3n) is 5.47. The quantitative estimate of drug-likeness (QED) is 0.330. The van der Waals surface area contributed by atoms with E-state index >= 15 is 0 Å². The predicted octanol–water partition coefficient (Wildman–Crippen LogP) is 6.29. The van der Waals surface area contributed by atoms with Crippen LogP contribution in [0.5, 0.6) is 0 Å². The highest BCUT2D eigenvalue weighted by molar-refractivity contribution is 7.17. The van der Waals surface area contributed by atoms with Crippen molar-refractivity contribution < 1.29 is 23.5 Å². The number of carbonyl (C=O) groups is 2. The Morgan fingerprint density at radius 1 is 1.18 bits per heavy atom. The molecule has 1 aliphatic heterocycles. The van der Waals surface area contributed by atoms with Gasteiger partial charge in [-0.15, -0.1) is 11.3 Å². The van der Waals surface area contributed by atoms with E-state index in [1.165, 1.54) is 34.6 Å². The van der Waals surface area contributed by atoms with E-state index in [0.29, 0.717) is 15.6 Å². The number of hydrogen-bond acceptors (Lipinski definition) is 6. The van der Waals surface area contributed by atoms with E-state index in [2.05, 4.69) is 4.98 Å². The van der Waals surface area contributed by atoms with E-state index in [1.54, 1.807) is 19.1 Å². The van der Waals surface area contributed by atoms with Crippen LogP contribution in [0.1, 0.15) is 27.2 Å². The first-order valence-electron chi connectivity index (χ1n) is 10.2. The summed E-state index contributed by atoms with van der Waals surface area (Å²) >= 11 is 7.11. The molecule has 1 N–H and O–H groups in total. The molecule has 34 heavy (non-hydrogen) atoms. The van der Waals surface area contributed by atoms with Crippen molar-refractivity contribution in [3.63, 3.8) is 0 Å². The maximum absolute atomic E-state index is 13.8. The number of Topliss-reactive ketones (excluding diaryl/α,β-unsaturated/α-hetero) is 1. The summed E-state index contributed by atoms with van der Waals surface area (Å²) in [6.45, 7) is 1.70. The van der Waals surface area contributed by atoms with Crippen LogP contribution in [0.3, 0.4) is 0 Å². The smallest absolute Gasteiger partial charge is 0.294 e. The monoisotopic (exact) mass is 494 g/mol. The molecular formula is C25H16ClFN2O4S. The summed E-state index contributed by atoms with van der Waals surface area (Å²) in [6.07, 6.45) is 1.40. The maximum atomic E-state index is 13.8. The highest BCUT2D eigenvalue weighted by atomic mass is 35.5. The molecule has 1 amide bonds. The van der Waals surface area contributed by atoms with Gasteiger partial charge in [0.2, 0.25) is 5.78 Å². The fourth-order valence-electron chi connectivity index (χ4n) is 3.89. The van der Waals surface area contributed by atoms with E-state index < -0.39 is 29.3 Å². The van der Waals surface area contributed by atoms with E-state index in [-0.39, 0.29) is 22.0 Å². The van der Waals surface area contributed by atoms with E-state index in [4.69, 9.17) is 16.0 Å². The molecule has 1 atom stereocenters. The lowest BCUT2D eigenvalue weighted by atomic mass is 9.99. The number of anilines is 1. The van der Waals surface area contributed by atoms with Gasteiger partial charge in [0.25, 0.3) is 5.91 Å². The van der Waals surface area contributed by atoms with Crippen LogP contribution < -0.4 is 4.90 Å². The van der Waals surface area contributed by atoms with E-state index in [1.807, 2.05) is 30.3 Å². The highest BCUT2D eigenvalue weighted by Crippen LogP contribution is 2.44. The molecule has 0 bridgehead atoms. The highest BCUT2D eigenvalue weighted by Gasteiger charge is 2.46. The molecule has 2 aromatic heterocycles. The fraction of sp³-hybridized carbons (Fsp3) is 0.0800. The van der Waals surface area contributed by atoms with Crippen molar-refractivity contribution >= 4 is 40.3 Å². The number of aliphatic hydroxyl groups is 1. The second-order valence-corrected chi connectivity index (χ2v) is 8.99. The number of amides is 1. The second kappa shape index (κ2) is 8.55. The minimum Gasteiger partial charge on any atom is -0.503 e. The van der Waals surface area contributed by atoms with Gasteiger partial charge in [-0.2, -0.15) is 0 Å². The lowest BCUT2D eigenvalue weighted by molar-refractivity contribution is -0.117. The molecule has 4 aromatic rings. The average Bonchev–Trinajstić information content (AvgIpc) is 3.55. The van der Waals surface area contributed by atoms with Gasteiger partial charge >= 0.3 is 0 Å². The molecule has 1 unspecified atom stereocenters. The Balaban J connectivity index is 1.61. The van der Waals surface area contributed by atoms with Crippen molar-refractivity contribution in [2.75, 3.05) is 4.90 Å². The van der Waals surface area contributed by atoms with Crippen LogP contribution in [0.25, 0.3) is 10.6 Å². The first-order chi connectivity index (χ1) is 16.4. The summed E-state index contributed by atoms with van der Waals surface area (Å²) in [4.78, 5) is 32.8. The van der Waals surface area contributed by atoms with Crippen LogP contribution in [-0.4, -0.2) is 21.8 Å². The molecule has 0 fully saturated rings. The summed E-state index contributed by atoms with van der Waals surface area (Å²) < 4.78 is 19.3. The molecular weight excluding hydrogens is 479 g/mol. The third kappa shape index (κ3) is 3.61. The van der Waals surface area contributed by atoms with Crippen LogP contribution in [0.4, 0.5) is 10.1 Å². The first-order valence-corrected chi connectivity index (χ1v) is 11.4.